The highest BCUT2D eigenvalue weighted by Crippen LogP contribution is 2.40. The molecule has 4 aliphatic rings. The van der Waals surface area contributed by atoms with Crippen LogP contribution in [0.2, 0.25) is 0 Å². The molecular weight excluding hydrogens is 352 g/mol. The number of hydrazone groups is 1. The first-order chi connectivity index (χ1) is 13.6. The van der Waals surface area contributed by atoms with Crippen LogP contribution in [-0.2, 0) is 0 Å². The Morgan fingerprint density at radius 1 is 1.18 bits per heavy atom. The van der Waals surface area contributed by atoms with Gasteiger partial charge in [0.1, 0.15) is 5.75 Å². The van der Waals surface area contributed by atoms with Crippen molar-refractivity contribution in [3.05, 3.63) is 42.0 Å². The fraction of sp³-hybridized carbons (Fsp3) is 0.455. The molecule has 0 radical (unpaired) electrons. The summed E-state index contributed by atoms with van der Waals surface area (Å²) in [4.78, 5) is 17.9. The molecule has 4 saturated heterocycles. The van der Waals surface area contributed by atoms with Gasteiger partial charge in [-0.3, -0.25) is 4.79 Å². The third kappa shape index (κ3) is 2.79. The molecule has 28 heavy (non-hydrogen) atoms. The van der Waals surface area contributed by atoms with Crippen LogP contribution in [0.3, 0.4) is 0 Å². The van der Waals surface area contributed by atoms with Gasteiger partial charge in [0.15, 0.2) is 0 Å². The predicted octanol–water partition coefficient (Wildman–Crippen LogP) is 2.29. The van der Waals surface area contributed by atoms with Gasteiger partial charge in [-0.05, 0) is 29.3 Å². The number of benzene rings is 2. The lowest BCUT2D eigenvalue weighted by molar-refractivity contribution is 0.0941. The van der Waals surface area contributed by atoms with Crippen LogP contribution in [0.4, 0.5) is 0 Å². The molecule has 0 aromatic heterocycles. The van der Waals surface area contributed by atoms with Crippen molar-refractivity contribution in [3.63, 3.8) is 0 Å². The van der Waals surface area contributed by atoms with Crippen LogP contribution >= 0.6 is 0 Å². The van der Waals surface area contributed by atoms with Crippen molar-refractivity contribution in [1.82, 2.24) is 15.2 Å². The summed E-state index contributed by atoms with van der Waals surface area (Å²) in [6, 6.07) is 11.1. The number of phenolic OH excluding ortho intramolecular Hbond substituents is 1. The lowest BCUT2D eigenvalue weighted by Gasteiger charge is -2.50. The number of phenols is 1. The fourth-order valence-corrected chi connectivity index (χ4v) is 5.30. The molecule has 2 atom stereocenters. The summed E-state index contributed by atoms with van der Waals surface area (Å²) < 4.78 is 0. The molecule has 6 rings (SSSR count). The van der Waals surface area contributed by atoms with Gasteiger partial charge >= 0.3 is 0 Å². The van der Waals surface area contributed by atoms with E-state index in [9.17, 15) is 9.90 Å². The van der Waals surface area contributed by atoms with E-state index in [2.05, 4.69) is 27.3 Å². The third-order valence-electron chi connectivity index (χ3n) is 6.74. The van der Waals surface area contributed by atoms with Gasteiger partial charge in [0.2, 0.25) is 0 Å². The largest absolute Gasteiger partial charge is 0.507 e. The summed E-state index contributed by atoms with van der Waals surface area (Å²) >= 11 is 0. The van der Waals surface area contributed by atoms with Crippen LogP contribution in [0, 0.1) is 11.3 Å². The first kappa shape index (κ1) is 17.6. The van der Waals surface area contributed by atoms with Crippen molar-refractivity contribution in [1.29, 1.82) is 0 Å². The summed E-state index contributed by atoms with van der Waals surface area (Å²) in [5.41, 5.74) is 4.19. The third-order valence-corrected chi connectivity index (χ3v) is 6.74. The molecule has 146 valence electrons. The van der Waals surface area contributed by atoms with Crippen LogP contribution in [-0.4, -0.2) is 65.8 Å². The molecule has 2 unspecified atom stereocenters. The normalized spacial score (nSPS) is 32.6. The van der Waals surface area contributed by atoms with Gasteiger partial charge in [-0.1, -0.05) is 31.2 Å². The Balaban J connectivity index is 1.44. The van der Waals surface area contributed by atoms with Crippen LogP contribution in [0.5, 0.6) is 5.75 Å². The first-order valence-corrected chi connectivity index (χ1v) is 10.1. The number of aromatic hydroxyl groups is 1. The number of fused-ring (bicyclic) bond motifs is 2. The number of amides is 1. The van der Waals surface area contributed by atoms with Gasteiger partial charge < -0.3 is 14.9 Å². The maximum Gasteiger partial charge on any atom is 0.275 e. The lowest BCUT2D eigenvalue weighted by Crippen LogP contribution is -2.61. The van der Waals surface area contributed by atoms with Gasteiger partial charge in [0, 0.05) is 50.6 Å². The highest BCUT2D eigenvalue weighted by Gasteiger charge is 2.51. The number of hydrogen-bond acceptors (Lipinski definition) is 5. The lowest BCUT2D eigenvalue weighted by atomic mass is 9.69. The van der Waals surface area contributed by atoms with Gasteiger partial charge in [0.05, 0.1) is 11.3 Å². The van der Waals surface area contributed by atoms with E-state index in [0.717, 1.165) is 62.2 Å². The fourth-order valence-electron chi connectivity index (χ4n) is 5.30. The SMILES string of the molecule is CCC12CN3CCN(CC(C3)/C1=N/NC(=O)c1cc3ccccc3cc1O)C2. The molecule has 4 fully saturated rings. The number of carbonyl (C=O) groups excluding carboxylic acids is 1. The smallest absolute Gasteiger partial charge is 0.275 e. The van der Waals surface area contributed by atoms with Crippen molar-refractivity contribution in [2.75, 3.05) is 39.3 Å². The standard InChI is InChI=1S/C22H26N4O2/c1-2-22-13-25-7-8-26(14-22)12-17(11-25)20(22)23-24-21(28)18-9-15-5-3-4-6-16(15)10-19(18)27/h3-6,9-10,17,27H,2,7-8,11-14H2,1H3,(H,24,28)/b23-20-. The minimum Gasteiger partial charge on any atom is -0.507 e. The van der Waals surface area contributed by atoms with Crippen molar-refractivity contribution < 1.29 is 9.90 Å². The summed E-state index contributed by atoms with van der Waals surface area (Å²) in [5, 5.41) is 16.8. The highest BCUT2D eigenvalue weighted by molar-refractivity contribution is 6.02. The number of nitrogens with zero attached hydrogens (tertiary/aromatic N) is 3. The minimum absolute atomic E-state index is 0.0132. The van der Waals surface area contributed by atoms with E-state index >= 15 is 0 Å². The summed E-state index contributed by atoms with van der Waals surface area (Å²) in [6.45, 7) is 8.56. The maximum atomic E-state index is 12.8. The summed E-state index contributed by atoms with van der Waals surface area (Å²) in [6.07, 6.45) is 1.02. The van der Waals surface area contributed by atoms with E-state index in [-0.39, 0.29) is 22.6 Å². The molecule has 6 heteroatoms. The molecular formula is C22H26N4O2. The highest BCUT2D eigenvalue weighted by atomic mass is 16.3. The van der Waals surface area contributed by atoms with E-state index in [1.165, 1.54) is 0 Å². The Morgan fingerprint density at radius 3 is 2.46 bits per heavy atom. The molecule has 2 aromatic carbocycles. The number of carbonyl (C=O) groups is 1. The van der Waals surface area contributed by atoms with Crippen molar-refractivity contribution >= 4 is 22.4 Å². The molecule has 0 spiro atoms. The van der Waals surface area contributed by atoms with E-state index in [4.69, 9.17) is 0 Å². The zero-order valence-electron chi connectivity index (χ0n) is 16.2. The quantitative estimate of drug-likeness (QED) is 0.804. The second kappa shape index (κ2) is 6.57. The number of rotatable bonds is 3. The Morgan fingerprint density at radius 2 is 1.82 bits per heavy atom. The summed E-state index contributed by atoms with van der Waals surface area (Å²) in [5.74, 6) is 0.00500. The van der Waals surface area contributed by atoms with Gasteiger partial charge in [-0.15, -0.1) is 0 Å². The first-order valence-electron chi connectivity index (χ1n) is 10.1. The number of nitrogens with one attached hydrogen (secondary N) is 1. The van der Waals surface area contributed by atoms with Crippen LogP contribution < -0.4 is 5.43 Å². The van der Waals surface area contributed by atoms with Crippen LogP contribution in [0.25, 0.3) is 10.8 Å². The minimum atomic E-state index is -0.353. The van der Waals surface area contributed by atoms with Crippen LogP contribution in [0.15, 0.2) is 41.5 Å². The van der Waals surface area contributed by atoms with Crippen molar-refractivity contribution in [2.45, 2.75) is 13.3 Å². The topological polar surface area (TPSA) is 68.2 Å². The second-order valence-corrected chi connectivity index (χ2v) is 8.46. The molecule has 0 aliphatic carbocycles. The van der Waals surface area contributed by atoms with Gasteiger partial charge in [-0.25, -0.2) is 5.43 Å². The molecule has 1 amide bonds. The molecule has 0 saturated carbocycles. The average molecular weight is 378 g/mol. The zero-order valence-corrected chi connectivity index (χ0v) is 16.2. The molecule has 2 N–H and O–H groups in total. The Bertz CT molecular complexity index is 954. The Labute approximate surface area is 164 Å². The zero-order chi connectivity index (χ0) is 19.3. The Hall–Kier alpha value is -2.44. The molecule has 4 aliphatic heterocycles. The molecule has 4 bridgehead atoms. The Kier molecular flexibility index (Phi) is 4.14. The molecule has 4 heterocycles. The predicted molar refractivity (Wildman–Crippen MR) is 110 cm³/mol. The van der Waals surface area contributed by atoms with Crippen molar-refractivity contribution in [2.24, 2.45) is 16.4 Å². The van der Waals surface area contributed by atoms with E-state index < -0.39 is 0 Å². The van der Waals surface area contributed by atoms with Crippen LogP contribution in [0.1, 0.15) is 23.7 Å². The van der Waals surface area contributed by atoms with Gasteiger partial charge in [-0.2, -0.15) is 5.10 Å². The van der Waals surface area contributed by atoms with E-state index in [0.29, 0.717) is 5.92 Å². The number of hydrogen-bond donors (Lipinski definition) is 2. The average Bonchev–Trinajstić information content (AvgIpc) is 2.94. The molecule has 6 nitrogen and oxygen atoms in total. The van der Waals surface area contributed by atoms with Crippen molar-refractivity contribution in [3.8, 4) is 5.75 Å². The van der Waals surface area contributed by atoms with E-state index in [1.54, 1.807) is 12.1 Å². The molecule has 2 aromatic rings. The van der Waals surface area contributed by atoms with Gasteiger partial charge in [0.25, 0.3) is 5.91 Å². The van der Waals surface area contributed by atoms with E-state index in [1.807, 2.05) is 24.3 Å². The monoisotopic (exact) mass is 378 g/mol. The summed E-state index contributed by atoms with van der Waals surface area (Å²) in [7, 11) is 0. The second-order valence-electron chi connectivity index (χ2n) is 8.46. The number of piperidine rings is 2. The maximum absolute atomic E-state index is 12.8.